The Morgan fingerprint density at radius 2 is 2.31 bits per heavy atom. The van der Waals surface area contributed by atoms with Gasteiger partial charge in [-0.15, -0.1) is 11.3 Å². The van der Waals surface area contributed by atoms with E-state index in [2.05, 4.69) is 10.1 Å². The number of halogens is 1. The molecule has 0 atom stereocenters. The van der Waals surface area contributed by atoms with Gasteiger partial charge in [0.2, 0.25) is 5.78 Å². The molecule has 84 valence electrons. The zero-order chi connectivity index (χ0) is 11.7. The van der Waals surface area contributed by atoms with Gasteiger partial charge in [-0.05, 0) is 13.8 Å². The molecule has 0 saturated carbocycles. The van der Waals surface area contributed by atoms with Gasteiger partial charge in [-0.3, -0.25) is 9.48 Å². The number of hydrogen-bond donors (Lipinski definition) is 0. The van der Waals surface area contributed by atoms with E-state index >= 15 is 0 Å². The molecule has 0 aliphatic heterocycles. The van der Waals surface area contributed by atoms with Crippen molar-refractivity contribution in [1.82, 2.24) is 14.8 Å². The van der Waals surface area contributed by atoms with Crippen molar-refractivity contribution in [2.45, 2.75) is 20.4 Å². The fraction of sp³-hybridized carbons (Fsp3) is 0.300. The van der Waals surface area contributed by atoms with Gasteiger partial charge < -0.3 is 0 Å². The Morgan fingerprint density at radius 3 is 2.88 bits per heavy atom. The van der Waals surface area contributed by atoms with Gasteiger partial charge in [-0.25, -0.2) is 4.98 Å². The van der Waals surface area contributed by atoms with Crippen molar-refractivity contribution in [2.24, 2.45) is 0 Å². The lowest BCUT2D eigenvalue weighted by atomic mass is 10.2. The van der Waals surface area contributed by atoms with Crippen LogP contribution in [0.25, 0.3) is 0 Å². The van der Waals surface area contributed by atoms with Gasteiger partial charge in [-0.1, -0.05) is 11.6 Å². The second kappa shape index (κ2) is 4.35. The highest BCUT2D eigenvalue weighted by Crippen LogP contribution is 2.22. The monoisotopic (exact) mass is 255 g/mol. The molecular weight excluding hydrogens is 246 g/mol. The number of carbonyl (C=O) groups is 1. The summed E-state index contributed by atoms with van der Waals surface area (Å²) >= 11 is 7.32. The van der Waals surface area contributed by atoms with Crippen molar-refractivity contribution < 1.29 is 4.79 Å². The number of thiazole rings is 1. The molecule has 2 heterocycles. The largest absolute Gasteiger partial charge is 0.286 e. The van der Waals surface area contributed by atoms with Crippen molar-refractivity contribution in [2.75, 3.05) is 0 Å². The number of carbonyl (C=O) groups excluding carboxylic acids is 1. The summed E-state index contributed by atoms with van der Waals surface area (Å²) < 4.78 is 1.60. The Labute approximate surface area is 102 Å². The fourth-order valence-corrected chi connectivity index (χ4v) is 2.36. The number of hydrogen-bond acceptors (Lipinski definition) is 4. The number of rotatable bonds is 3. The Hall–Kier alpha value is -1.20. The van der Waals surface area contributed by atoms with Crippen molar-refractivity contribution in [1.29, 1.82) is 0 Å². The molecule has 4 nitrogen and oxygen atoms in total. The van der Waals surface area contributed by atoms with Crippen LogP contribution < -0.4 is 0 Å². The highest BCUT2D eigenvalue weighted by Gasteiger charge is 2.20. The van der Waals surface area contributed by atoms with Crippen LogP contribution in [0.5, 0.6) is 0 Å². The van der Waals surface area contributed by atoms with Crippen LogP contribution in [-0.4, -0.2) is 20.5 Å². The second-order valence-corrected chi connectivity index (χ2v) is 4.87. The first kappa shape index (κ1) is 11.3. The number of aryl methyl sites for hydroxylation is 2. The van der Waals surface area contributed by atoms with E-state index in [-0.39, 0.29) is 5.78 Å². The minimum Gasteiger partial charge on any atom is -0.286 e. The summed E-state index contributed by atoms with van der Waals surface area (Å²) in [6, 6.07) is 0. The Bertz CT molecular complexity index is 532. The zero-order valence-electron chi connectivity index (χ0n) is 8.90. The van der Waals surface area contributed by atoms with Crippen LogP contribution in [0.15, 0.2) is 12.4 Å². The molecule has 2 aromatic heterocycles. The molecule has 16 heavy (non-hydrogen) atoms. The molecule has 6 heteroatoms. The molecule has 0 amide bonds. The van der Waals surface area contributed by atoms with Crippen molar-refractivity contribution in [3.05, 3.63) is 33.0 Å². The third-order valence-corrected chi connectivity index (χ3v) is 3.34. The average molecular weight is 256 g/mol. The summed E-state index contributed by atoms with van der Waals surface area (Å²) in [6.07, 6.45) is 3.07. The van der Waals surface area contributed by atoms with E-state index in [1.165, 1.54) is 17.5 Å². The van der Waals surface area contributed by atoms with Gasteiger partial charge in [0.1, 0.15) is 5.69 Å². The van der Waals surface area contributed by atoms with Crippen molar-refractivity contribution in [3.63, 3.8) is 0 Å². The van der Waals surface area contributed by atoms with E-state index < -0.39 is 0 Å². The van der Waals surface area contributed by atoms with Crippen molar-refractivity contribution >= 4 is 28.7 Å². The van der Waals surface area contributed by atoms with Gasteiger partial charge in [-0.2, -0.15) is 5.10 Å². The number of ketones is 1. The summed E-state index contributed by atoms with van der Waals surface area (Å²) in [5.74, 6) is -0.116. The predicted octanol–water partition coefficient (Wildman–Crippen LogP) is 2.55. The lowest BCUT2D eigenvalue weighted by Crippen LogP contribution is -2.09. The Balaban J connectivity index is 2.44. The van der Waals surface area contributed by atoms with E-state index in [4.69, 9.17) is 11.6 Å². The first-order valence-electron chi connectivity index (χ1n) is 4.82. The lowest BCUT2D eigenvalue weighted by molar-refractivity contribution is 0.103. The Morgan fingerprint density at radius 1 is 1.56 bits per heavy atom. The molecule has 0 saturated heterocycles. The topological polar surface area (TPSA) is 47.8 Å². The molecule has 0 aliphatic carbocycles. The molecule has 0 N–H and O–H groups in total. The van der Waals surface area contributed by atoms with Crippen LogP contribution in [-0.2, 0) is 6.54 Å². The van der Waals surface area contributed by atoms with Gasteiger partial charge in [0, 0.05) is 12.7 Å². The smallest absolute Gasteiger partial charge is 0.224 e. The van der Waals surface area contributed by atoms with E-state index in [0.717, 1.165) is 5.01 Å². The highest BCUT2D eigenvalue weighted by molar-refractivity contribution is 7.13. The third-order valence-electron chi connectivity index (χ3n) is 2.15. The van der Waals surface area contributed by atoms with Gasteiger partial charge in [0.25, 0.3) is 0 Å². The van der Waals surface area contributed by atoms with Crippen molar-refractivity contribution in [3.8, 4) is 0 Å². The fourth-order valence-electron chi connectivity index (χ4n) is 1.41. The van der Waals surface area contributed by atoms with E-state index in [1.807, 2.05) is 13.8 Å². The molecule has 2 aromatic rings. The van der Waals surface area contributed by atoms with Crippen LogP contribution in [0.1, 0.15) is 27.3 Å². The summed E-state index contributed by atoms with van der Waals surface area (Å²) in [5.41, 5.74) is 0.438. The van der Waals surface area contributed by atoms with Gasteiger partial charge in [0.05, 0.1) is 21.1 Å². The van der Waals surface area contributed by atoms with E-state index in [1.54, 1.807) is 10.9 Å². The molecule has 0 aromatic carbocycles. The zero-order valence-corrected chi connectivity index (χ0v) is 10.5. The average Bonchev–Trinajstić information content (AvgIpc) is 2.83. The summed E-state index contributed by atoms with van der Waals surface area (Å²) in [4.78, 5) is 16.8. The predicted molar refractivity (Wildman–Crippen MR) is 63.2 cm³/mol. The first-order valence-corrected chi connectivity index (χ1v) is 6.01. The van der Waals surface area contributed by atoms with Crippen LogP contribution in [0.4, 0.5) is 0 Å². The summed E-state index contributed by atoms with van der Waals surface area (Å²) in [7, 11) is 0. The van der Waals surface area contributed by atoms with Crippen LogP contribution in [0.3, 0.4) is 0 Å². The van der Waals surface area contributed by atoms with Crippen LogP contribution in [0.2, 0.25) is 5.02 Å². The maximum absolute atomic E-state index is 12.1. The minimum atomic E-state index is -0.116. The highest BCUT2D eigenvalue weighted by atomic mass is 35.5. The minimum absolute atomic E-state index is 0.116. The molecular formula is C10H10ClN3OS. The molecule has 0 fully saturated rings. The van der Waals surface area contributed by atoms with E-state index in [9.17, 15) is 4.79 Å². The standard InChI is InChI=1S/C10H10ClN3OS/c1-3-14-9(7(11)4-13-14)10(15)8-5-12-6(2)16-8/h4-5H,3H2,1-2H3. The summed E-state index contributed by atoms with van der Waals surface area (Å²) in [5, 5.41) is 5.29. The Kier molecular flexibility index (Phi) is 3.07. The van der Waals surface area contributed by atoms with Gasteiger partial charge >= 0.3 is 0 Å². The quantitative estimate of drug-likeness (QED) is 0.792. The molecule has 0 unspecified atom stereocenters. The summed E-state index contributed by atoms with van der Waals surface area (Å²) in [6.45, 7) is 4.39. The normalized spacial score (nSPS) is 10.7. The molecule has 2 rings (SSSR count). The van der Waals surface area contributed by atoms with Crippen LogP contribution >= 0.6 is 22.9 Å². The lowest BCUT2D eigenvalue weighted by Gasteiger charge is -2.02. The van der Waals surface area contributed by atoms with E-state index in [0.29, 0.717) is 22.1 Å². The maximum Gasteiger partial charge on any atom is 0.224 e. The third kappa shape index (κ3) is 1.88. The van der Waals surface area contributed by atoms with Gasteiger partial charge in [0.15, 0.2) is 0 Å². The first-order chi connectivity index (χ1) is 7.63. The number of nitrogens with zero attached hydrogens (tertiary/aromatic N) is 3. The second-order valence-electron chi connectivity index (χ2n) is 3.23. The number of aromatic nitrogens is 3. The van der Waals surface area contributed by atoms with Crippen LogP contribution in [0, 0.1) is 6.92 Å². The maximum atomic E-state index is 12.1. The molecule has 0 aliphatic rings. The molecule has 0 radical (unpaired) electrons. The molecule has 0 spiro atoms. The SMILES string of the molecule is CCn1ncc(Cl)c1C(=O)c1cnc(C)s1. The molecule has 0 bridgehead atoms.